The third kappa shape index (κ3) is 3.62. The van der Waals surface area contributed by atoms with E-state index < -0.39 is 25.9 Å². The van der Waals surface area contributed by atoms with Crippen LogP contribution in [0.3, 0.4) is 0 Å². The molecule has 2 unspecified atom stereocenters. The summed E-state index contributed by atoms with van der Waals surface area (Å²) in [5.74, 6) is -0.551. The molecule has 0 bridgehead atoms. The van der Waals surface area contributed by atoms with Crippen molar-refractivity contribution in [3.8, 4) is 0 Å². The maximum absolute atomic E-state index is 14.0. The zero-order chi connectivity index (χ0) is 24.1. The normalized spacial score (nSPS) is 22.3. The number of aryl methyl sites for hydroxylation is 3. The van der Waals surface area contributed by atoms with E-state index in [9.17, 15) is 13.2 Å². The summed E-state index contributed by atoms with van der Waals surface area (Å²) >= 11 is 7.22. The molecule has 0 saturated heterocycles. The first-order valence-corrected chi connectivity index (χ1v) is 12.9. The van der Waals surface area contributed by atoms with E-state index in [2.05, 4.69) is 14.9 Å². The molecular formula is C21H23ClN4O5S2. The number of hydrogen-bond donors (Lipinski definition) is 2. The molecule has 33 heavy (non-hydrogen) atoms. The Hall–Kier alpha value is -2.50. The summed E-state index contributed by atoms with van der Waals surface area (Å²) in [5, 5.41) is 4.17. The van der Waals surface area contributed by atoms with Crippen molar-refractivity contribution in [1.29, 1.82) is 0 Å². The minimum atomic E-state index is -4.39. The van der Waals surface area contributed by atoms with Gasteiger partial charge in [0.15, 0.2) is 4.75 Å². The Morgan fingerprint density at radius 3 is 2.61 bits per heavy atom. The standard InChI is InChI=1S/C21H23ClN4O5S2/c1-10-9-11(2)15(12(3)14(10)19-24-6-7-30-19)21(5-8-32-17(21)18(23)27)33(28,29)26-20-16(22)13(4)25-31-20/h5,8-9,17,26H,6-7H2,1-4H3,(H2,23,27). The summed E-state index contributed by atoms with van der Waals surface area (Å²) < 4.78 is 39.4. The number of nitrogens with two attached hydrogens (primary N) is 1. The number of nitrogens with zero attached hydrogens (tertiary/aromatic N) is 2. The van der Waals surface area contributed by atoms with Crippen LogP contribution in [0, 0.1) is 27.7 Å². The smallest absolute Gasteiger partial charge is 0.257 e. The molecule has 0 saturated carbocycles. The van der Waals surface area contributed by atoms with E-state index in [0.29, 0.717) is 47.0 Å². The summed E-state index contributed by atoms with van der Waals surface area (Å²) in [6.07, 6.45) is 1.48. The van der Waals surface area contributed by atoms with Crippen LogP contribution in [-0.4, -0.2) is 43.8 Å². The number of benzene rings is 1. The lowest BCUT2D eigenvalue weighted by Gasteiger charge is -2.35. The minimum absolute atomic E-state index is 0.0331. The van der Waals surface area contributed by atoms with Crippen molar-refractivity contribution < 1.29 is 22.5 Å². The highest BCUT2D eigenvalue weighted by Gasteiger charge is 2.57. The second kappa shape index (κ2) is 8.37. The van der Waals surface area contributed by atoms with Crippen LogP contribution in [0.4, 0.5) is 5.88 Å². The molecule has 0 aliphatic carbocycles. The third-order valence-electron chi connectivity index (χ3n) is 5.80. The molecule has 2 aliphatic heterocycles. The number of amides is 1. The molecule has 3 N–H and O–H groups in total. The number of aliphatic imine (C=N–C) groups is 1. The molecule has 1 aromatic heterocycles. The molecular weight excluding hydrogens is 488 g/mol. The molecule has 9 nitrogen and oxygen atoms in total. The zero-order valence-corrected chi connectivity index (χ0v) is 20.8. The van der Waals surface area contributed by atoms with E-state index >= 15 is 0 Å². The fourth-order valence-electron chi connectivity index (χ4n) is 4.50. The van der Waals surface area contributed by atoms with Gasteiger partial charge in [-0.25, -0.2) is 18.1 Å². The van der Waals surface area contributed by atoms with Gasteiger partial charge in [-0.1, -0.05) is 22.8 Å². The Balaban J connectivity index is 2.00. The monoisotopic (exact) mass is 510 g/mol. The van der Waals surface area contributed by atoms with Crippen molar-refractivity contribution in [3.63, 3.8) is 0 Å². The first-order valence-electron chi connectivity index (χ1n) is 10.1. The van der Waals surface area contributed by atoms with Gasteiger partial charge in [0, 0.05) is 5.56 Å². The van der Waals surface area contributed by atoms with Crippen molar-refractivity contribution in [2.45, 2.75) is 37.7 Å². The number of hydrogen-bond acceptors (Lipinski definition) is 8. The fourth-order valence-corrected chi connectivity index (χ4v) is 8.06. The molecule has 2 aliphatic rings. The number of carbonyl (C=O) groups excluding carboxylic acids is 1. The van der Waals surface area contributed by atoms with Crippen molar-refractivity contribution in [2.75, 3.05) is 17.9 Å². The second-order valence-corrected chi connectivity index (χ2v) is 11.2. The molecule has 176 valence electrons. The Morgan fingerprint density at radius 2 is 2.03 bits per heavy atom. The molecule has 12 heteroatoms. The Kier molecular flexibility index (Phi) is 6.00. The maximum atomic E-state index is 14.0. The van der Waals surface area contributed by atoms with E-state index in [4.69, 9.17) is 26.6 Å². The number of rotatable bonds is 6. The molecule has 1 amide bonds. The highest BCUT2D eigenvalue weighted by Crippen LogP contribution is 2.50. The third-order valence-corrected chi connectivity index (χ3v) is 9.49. The summed E-state index contributed by atoms with van der Waals surface area (Å²) in [6, 6.07) is 1.86. The summed E-state index contributed by atoms with van der Waals surface area (Å²) in [6.45, 7) is 8.06. The quantitative estimate of drug-likeness (QED) is 0.609. The maximum Gasteiger partial charge on any atom is 0.257 e. The molecule has 4 rings (SSSR count). The van der Waals surface area contributed by atoms with Crippen LogP contribution < -0.4 is 10.5 Å². The van der Waals surface area contributed by atoms with Crippen LogP contribution in [0.1, 0.15) is 33.5 Å². The van der Waals surface area contributed by atoms with Crippen LogP contribution in [-0.2, 0) is 24.3 Å². The first-order chi connectivity index (χ1) is 15.5. The molecule has 2 aromatic rings. The molecule has 0 radical (unpaired) electrons. The van der Waals surface area contributed by atoms with E-state index in [-0.39, 0.29) is 10.9 Å². The van der Waals surface area contributed by atoms with Gasteiger partial charge in [0.05, 0.1) is 6.54 Å². The number of ether oxygens (including phenoxy) is 1. The Labute approximate surface area is 200 Å². The van der Waals surface area contributed by atoms with Crippen LogP contribution in [0.2, 0.25) is 5.02 Å². The number of halogens is 1. The van der Waals surface area contributed by atoms with Crippen LogP contribution in [0.15, 0.2) is 27.1 Å². The molecule has 0 fully saturated rings. The van der Waals surface area contributed by atoms with E-state index in [1.807, 2.05) is 13.0 Å². The molecule has 2 atom stereocenters. The van der Waals surface area contributed by atoms with Crippen LogP contribution in [0.25, 0.3) is 0 Å². The summed E-state index contributed by atoms with van der Waals surface area (Å²) in [5.41, 5.74) is 9.37. The lowest BCUT2D eigenvalue weighted by Crippen LogP contribution is -2.51. The molecule has 3 heterocycles. The predicted molar refractivity (Wildman–Crippen MR) is 128 cm³/mol. The van der Waals surface area contributed by atoms with Gasteiger partial charge in [-0.05, 0) is 61.4 Å². The largest absolute Gasteiger partial charge is 0.475 e. The molecule has 0 spiro atoms. The Bertz CT molecular complexity index is 1320. The first kappa shape index (κ1) is 23.7. The number of anilines is 1. The number of sulfonamides is 1. The average Bonchev–Trinajstić information content (AvgIpc) is 3.46. The Morgan fingerprint density at radius 1 is 1.30 bits per heavy atom. The van der Waals surface area contributed by atoms with Gasteiger partial charge in [-0.3, -0.25) is 4.79 Å². The van der Waals surface area contributed by atoms with Gasteiger partial charge < -0.3 is 15.0 Å². The van der Waals surface area contributed by atoms with Crippen LogP contribution >= 0.6 is 23.4 Å². The van der Waals surface area contributed by atoms with Crippen molar-refractivity contribution >= 4 is 51.1 Å². The predicted octanol–water partition coefficient (Wildman–Crippen LogP) is 3.09. The number of carbonyl (C=O) groups is 1. The minimum Gasteiger partial charge on any atom is -0.475 e. The summed E-state index contributed by atoms with van der Waals surface area (Å²) in [4.78, 5) is 17.0. The topological polar surface area (TPSA) is 137 Å². The lowest BCUT2D eigenvalue weighted by atomic mass is 9.83. The number of thioether (sulfide) groups is 1. The van der Waals surface area contributed by atoms with E-state index in [1.165, 1.54) is 6.08 Å². The van der Waals surface area contributed by atoms with Gasteiger partial charge in [-0.2, -0.15) is 0 Å². The molecule has 1 aromatic carbocycles. The van der Waals surface area contributed by atoms with Gasteiger partial charge in [0.1, 0.15) is 22.6 Å². The van der Waals surface area contributed by atoms with Gasteiger partial charge in [0.25, 0.3) is 5.88 Å². The van der Waals surface area contributed by atoms with Gasteiger partial charge in [0.2, 0.25) is 21.8 Å². The average molecular weight is 511 g/mol. The van der Waals surface area contributed by atoms with Crippen LogP contribution in [0.5, 0.6) is 0 Å². The second-order valence-electron chi connectivity index (χ2n) is 7.95. The van der Waals surface area contributed by atoms with E-state index in [0.717, 1.165) is 17.3 Å². The highest BCUT2D eigenvalue weighted by molar-refractivity contribution is 8.05. The highest BCUT2D eigenvalue weighted by atomic mass is 35.5. The number of primary amides is 1. The number of nitrogens with one attached hydrogen (secondary N) is 1. The van der Waals surface area contributed by atoms with Gasteiger partial charge >= 0.3 is 0 Å². The lowest BCUT2D eigenvalue weighted by molar-refractivity contribution is -0.117. The summed E-state index contributed by atoms with van der Waals surface area (Å²) in [7, 11) is -4.39. The fraction of sp³-hybridized carbons (Fsp3) is 0.381. The SMILES string of the molecule is Cc1cc(C)c(C2(S(=O)(=O)Nc3onc(C)c3Cl)C=CSC2C(N)=O)c(C)c1C1=NCCO1. The van der Waals surface area contributed by atoms with E-state index in [1.54, 1.807) is 26.2 Å². The van der Waals surface area contributed by atoms with Crippen molar-refractivity contribution in [2.24, 2.45) is 10.7 Å². The van der Waals surface area contributed by atoms with Gasteiger partial charge in [-0.15, -0.1) is 11.8 Å². The van der Waals surface area contributed by atoms with Crippen molar-refractivity contribution in [1.82, 2.24) is 5.16 Å². The van der Waals surface area contributed by atoms with Crippen molar-refractivity contribution in [3.05, 3.63) is 56.1 Å². The number of aromatic nitrogens is 1. The zero-order valence-electron chi connectivity index (χ0n) is 18.4.